The molecule has 0 unspecified atom stereocenters. The van der Waals surface area contributed by atoms with Gasteiger partial charge in [0.2, 0.25) is 10.0 Å². The van der Waals surface area contributed by atoms with Crippen molar-refractivity contribution in [1.29, 1.82) is 0 Å². The number of esters is 1. The number of halogens is 2. The first kappa shape index (κ1) is 38.8. The second kappa shape index (κ2) is 17.4. The molecule has 4 atom stereocenters. The van der Waals surface area contributed by atoms with Gasteiger partial charge in [-0.1, -0.05) is 77.6 Å². The SMILES string of the molecule is CCOC(=O)COc1ccc(CONC(=O)[C@@H]2c3ccccc3C(=O)N([C@H]3CCCC[C@@H]3N(N)S(=O)(=O)CN=[N+]=[N-])[C@H]2c2ccc(Cl)cc2Cl)cc1. The normalized spacial score (nSPS) is 20.1. The van der Waals surface area contributed by atoms with Crippen molar-refractivity contribution in [1.82, 2.24) is 14.8 Å². The Morgan fingerprint density at radius 2 is 1.81 bits per heavy atom. The molecule has 0 radical (unpaired) electrons. The van der Waals surface area contributed by atoms with E-state index in [-0.39, 0.29) is 30.4 Å². The molecule has 5 rings (SSSR count). The summed E-state index contributed by atoms with van der Waals surface area (Å²) in [6.07, 6.45) is 1.92. The minimum absolute atomic E-state index is 0.0385. The van der Waals surface area contributed by atoms with E-state index in [2.05, 4.69) is 15.5 Å². The predicted molar refractivity (Wildman–Crippen MR) is 191 cm³/mol. The van der Waals surface area contributed by atoms with Gasteiger partial charge in [-0.25, -0.2) is 18.7 Å². The van der Waals surface area contributed by atoms with E-state index in [1.807, 2.05) is 0 Å². The number of hydrazine groups is 1. The summed E-state index contributed by atoms with van der Waals surface area (Å²) < 4.78 is 37.2. The molecular formula is C34H37Cl2N7O8S. The average molecular weight is 775 g/mol. The summed E-state index contributed by atoms with van der Waals surface area (Å²) in [6, 6.07) is 15.3. The predicted octanol–water partition coefficient (Wildman–Crippen LogP) is 5.55. The Morgan fingerprint density at radius 1 is 1.08 bits per heavy atom. The molecule has 2 amide bonds. The Bertz CT molecular complexity index is 1950. The Hall–Kier alpha value is -4.41. The van der Waals surface area contributed by atoms with E-state index in [0.29, 0.717) is 57.6 Å². The molecule has 3 N–H and O–H groups in total. The topological polar surface area (TPSA) is 206 Å². The number of hydrogen-bond donors (Lipinski definition) is 2. The maximum absolute atomic E-state index is 14.6. The van der Waals surface area contributed by atoms with Crippen LogP contribution in [-0.2, 0) is 35.8 Å². The van der Waals surface area contributed by atoms with Gasteiger partial charge < -0.3 is 14.4 Å². The van der Waals surface area contributed by atoms with Crippen LogP contribution in [0.4, 0.5) is 0 Å². The lowest BCUT2D eigenvalue weighted by Crippen LogP contribution is -2.61. The van der Waals surface area contributed by atoms with Crippen LogP contribution >= 0.6 is 23.2 Å². The van der Waals surface area contributed by atoms with E-state index in [4.69, 9.17) is 48.9 Å². The molecule has 0 aromatic heterocycles. The van der Waals surface area contributed by atoms with Crippen molar-refractivity contribution in [2.75, 3.05) is 19.1 Å². The van der Waals surface area contributed by atoms with Crippen molar-refractivity contribution in [2.45, 2.75) is 63.3 Å². The minimum Gasteiger partial charge on any atom is -0.482 e. The molecule has 15 nitrogen and oxygen atoms in total. The number of fused-ring (bicyclic) bond motifs is 1. The van der Waals surface area contributed by atoms with Crippen LogP contribution in [0.3, 0.4) is 0 Å². The molecule has 1 heterocycles. The molecule has 0 saturated heterocycles. The fourth-order valence-corrected chi connectivity index (χ4v) is 8.15. The first-order valence-electron chi connectivity index (χ1n) is 16.4. The molecular weight excluding hydrogens is 737 g/mol. The largest absolute Gasteiger partial charge is 0.482 e. The third-order valence-electron chi connectivity index (χ3n) is 8.92. The van der Waals surface area contributed by atoms with Crippen molar-refractivity contribution in [3.8, 4) is 5.75 Å². The van der Waals surface area contributed by atoms with Crippen molar-refractivity contribution >= 4 is 51.0 Å². The maximum atomic E-state index is 14.6. The van der Waals surface area contributed by atoms with Crippen molar-refractivity contribution < 1.29 is 37.1 Å². The van der Waals surface area contributed by atoms with Gasteiger partial charge in [0.05, 0.1) is 37.3 Å². The lowest BCUT2D eigenvalue weighted by atomic mass is 9.76. The van der Waals surface area contributed by atoms with Gasteiger partial charge in [-0.2, -0.15) is 0 Å². The van der Waals surface area contributed by atoms with Gasteiger partial charge in [0.25, 0.3) is 11.8 Å². The number of hydroxylamine groups is 1. The number of amides is 2. The monoisotopic (exact) mass is 773 g/mol. The fourth-order valence-electron chi connectivity index (χ4n) is 6.64. The Kier molecular flexibility index (Phi) is 13.0. The van der Waals surface area contributed by atoms with Crippen LogP contribution < -0.4 is 16.1 Å². The molecule has 276 valence electrons. The zero-order valence-corrected chi connectivity index (χ0v) is 30.4. The molecule has 3 aromatic carbocycles. The summed E-state index contributed by atoms with van der Waals surface area (Å²) in [6.45, 7) is 1.67. The number of azide groups is 1. The lowest BCUT2D eigenvalue weighted by Gasteiger charge is -2.50. The maximum Gasteiger partial charge on any atom is 0.344 e. The van der Waals surface area contributed by atoms with E-state index in [0.717, 1.165) is 0 Å². The number of carbonyl (C=O) groups is 3. The number of benzene rings is 3. The molecule has 3 aromatic rings. The molecule has 2 aliphatic rings. The highest BCUT2D eigenvalue weighted by molar-refractivity contribution is 7.89. The van der Waals surface area contributed by atoms with Crippen LogP contribution in [0.25, 0.3) is 10.4 Å². The van der Waals surface area contributed by atoms with Crippen LogP contribution in [0.1, 0.15) is 71.6 Å². The average Bonchev–Trinajstić information content (AvgIpc) is 3.13. The van der Waals surface area contributed by atoms with Gasteiger partial charge in [0.1, 0.15) is 11.6 Å². The second-order valence-corrected chi connectivity index (χ2v) is 14.8. The third-order valence-corrected chi connectivity index (χ3v) is 10.8. The summed E-state index contributed by atoms with van der Waals surface area (Å²) in [7, 11) is -4.27. The minimum atomic E-state index is -4.27. The van der Waals surface area contributed by atoms with Crippen LogP contribution in [0.2, 0.25) is 10.0 Å². The van der Waals surface area contributed by atoms with Crippen LogP contribution in [0.15, 0.2) is 71.8 Å². The fraction of sp³-hybridized carbons (Fsp3) is 0.382. The van der Waals surface area contributed by atoms with Gasteiger partial charge in [-0.15, -0.1) is 4.41 Å². The zero-order chi connectivity index (χ0) is 37.4. The van der Waals surface area contributed by atoms with Gasteiger partial charge in [-0.3, -0.25) is 20.3 Å². The molecule has 0 spiro atoms. The molecule has 52 heavy (non-hydrogen) atoms. The van der Waals surface area contributed by atoms with Crippen molar-refractivity contribution in [3.63, 3.8) is 0 Å². The van der Waals surface area contributed by atoms with E-state index < -0.39 is 57.7 Å². The quantitative estimate of drug-likeness (QED) is 0.0525. The standard InChI is InChI=1S/C34H37Cl2N7O8S/c1-2-49-30(44)19-50-23-14-11-21(12-15-23)18-51-40-33(45)31-24-7-3-4-8-25(24)34(46)42(32(31)26-16-13-22(35)17-27(26)36)28-9-5-6-10-29(28)43(38)52(47,48)20-39-41-37/h3-4,7-8,11-17,28-29,31-32H,2,5-6,9-10,18-20,38H2,1H3,(H,40,45)/t28-,29-,31+,32-/m0/s1. The molecule has 0 bridgehead atoms. The molecule has 1 aliphatic heterocycles. The van der Waals surface area contributed by atoms with Gasteiger partial charge in [0.15, 0.2) is 6.61 Å². The van der Waals surface area contributed by atoms with Gasteiger partial charge in [0, 0.05) is 20.5 Å². The smallest absolute Gasteiger partial charge is 0.344 e. The molecule has 1 saturated carbocycles. The number of nitrogens with one attached hydrogen (secondary N) is 1. The Morgan fingerprint density at radius 3 is 2.52 bits per heavy atom. The third kappa shape index (κ3) is 8.78. The van der Waals surface area contributed by atoms with Crippen molar-refractivity contribution in [2.24, 2.45) is 11.0 Å². The van der Waals surface area contributed by atoms with Crippen LogP contribution in [0.5, 0.6) is 5.75 Å². The van der Waals surface area contributed by atoms with Crippen LogP contribution in [0, 0.1) is 0 Å². The summed E-state index contributed by atoms with van der Waals surface area (Å²) >= 11 is 13.1. The number of ether oxygens (including phenoxy) is 2. The number of nitrogens with two attached hydrogens (primary N) is 1. The van der Waals surface area contributed by atoms with Crippen molar-refractivity contribution in [3.05, 3.63) is 109 Å². The number of rotatable bonds is 14. The first-order chi connectivity index (χ1) is 25.0. The van der Waals surface area contributed by atoms with Gasteiger partial charge >= 0.3 is 5.97 Å². The Labute approximate surface area is 310 Å². The lowest BCUT2D eigenvalue weighted by molar-refractivity contribution is -0.145. The van der Waals surface area contributed by atoms with E-state index >= 15 is 0 Å². The summed E-state index contributed by atoms with van der Waals surface area (Å²) in [5.74, 6) is 3.18. The van der Waals surface area contributed by atoms with E-state index in [9.17, 15) is 22.8 Å². The first-order valence-corrected chi connectivity index (χ1v) is 18.8. The summed E-state index contributed by atoms with van der Waals surface area (Å²) in [5, 5.41) is 3.72. The van der Waals surface area contributed by atoms with Gasteiger partial charge in [-0.05, 0) is 72.3 Å². The highest BCUT2D eigenvalue weighted by atomic mass is 35.5. The zero-order valence-electron chi connectivity index (χ0n) is 28.1. The molecule has 1 fully saturated rings. The highest BCUT2D eigenvalue weighted by Gasteiger charge is 2.50. The molecule has 18 heteroatoms. The number of hydrogen-bond acceptors (Lipinski definition) is 10. The van der Waals surface area contributed by atoms with Crippen LogP contribution in [-0.4, -0.2) is 66.7 Å². The number of carbonyl (C=O) groups excluding carboxylic acids is 3. The summed E-state index contributed by atoms with van der Waals surface area (Å²) in [5.41, 5.74) is 13.1. The number of nitrogens with zero attached hydrogens (tertiary/aromatic N) is 5. The highest BCUT2D eigenvalue weighted by Crippen LogP contribution is 2.48. The second-order valence-electron chi connectivity index (χ2n) is 12.1. The molecule has 1 aliphatic carbocycles. The number of sulfonamides is 1. The Balaban J connectivity index is 1.48. The van der Waals surface area contributed by atoms with E-state index in [1.54, 1.807) is 67.6 Å². The van der Waals surface area contributed by atoms with E-state index in [1.165, 1.54) is 11.0 Å². The summed E-state index contributed by atoms with van der Waals surface area (Å²) in [4.78, 5) is 50.2.